The summed E-state index contributed by atoms with van der Waals surface area (Å²) in [5.74, 6) is 0.0580. The number of anilines is 1. The van der Waals surface area contributed by atoms with Crippen molar-refractivity contribution in [3.8, 4) is 0 Å². The quantitative estimate of drug-likeness (QED) is 0.772. The normalized spacial score (nSPS) is 22.3. The molecule has 2 saturated heterocycles. The van der Waals surface area contributed by atoms with E-state index in [0.717, 1.165) is 17.8 Å². The second kappa shape index (κ2) is 7.71. The Balaban J connectivity index is 1.69. The van der Waals surface area contributed by atoms with Crippen molar-refractivity contribution in [2.75, 3.05) is 24.5 Å². The van der Waals surface area contributed by atoms with Crippen LogP contribution in [0.2, 0.25) is 5.02 Å². The number of piperazine rings is 1. The van der Waals surface area contributed by atoms with Gasteiger partial charge in [-0.3, -0.25) is 9.59 Å². The van der Waals surface area contributed by atoms with Gasteiger partial charge in [0, 0.05) is 29.8 Å². The number of nitrogens with zero attached hydrogens (tertiary/aromatic N) is 3. The van der Waals surface area contributed by atoms with E-state index in [4.69, 9.17) is 11.6 Å². The van der Waals surface area contributed by atoms with Crippen LogP contribution in [0.5, 0.6) is 0 Å². The second-order valence-corrected chi connectivity index (χ2v) is 8.61. The van der Waals surface area contributed by atoms with E-state index in [-0.39, 0.29) is 24.4 Å². The molecule has 0 N–H and O–H groups in total. The number of amides is 2. The Morgan fingerprint density at radius 3 is 2.38 bits per heavy atom. The zero-order valence-corrected chi connectivity index (χ0v) is 17.6. The minimum absolute atomic E-state index is 0.00293. The van der Waals surface area contributed by atoms with Gasteiger partial charge in [-0.25, -0.2) is 0 Å². The van der Waals surface area contributed by atoms with E-state index in [1.54, 1.807) is 9.80 Å². The molecule has 0 bridgehead atoms. The number of hydrogen-bond acceptors (Lipinski definition) is 3. The molecule has 0 aliphatic carbocycles. The number of benzene rings is 2. The van der Waals surface area contributed by atoms with Crippen molar-refractivity contribution in [2.45, 2.75) is 38.4 Å². The van der Waals surface area contributed by atoms with Crippen molar-refractivity contribution in [1.29, 1.82) is 0 Å². The first-order chi connectivity index (χ1) is 13.9. The van der Waals surface area contributed by atoms with Gasteiger partial charge < -0.3 is 14.7 Å². The summed E-state index contributed by atoms with van der Waals surface area (Å²) < 4.78 is 0. The summed E-state index contributed by atoms with van der Waals surface area (Å²) in [5.41, 5.74) is 1.22. The molecule has 0 aromatic heterocycles. The average molecular weight is 412 g/mol. The molecule has 2 aliphatic heterocycles. The molecule has 2 aromatic carbocycles. The average Bonchev–Trinajstić information content (AvgIpc) is 3.16. The molecular weight excluding hydrogens is 386 g/mol. The molecule has 2 amide bonds. The maximum Gasteiger partial charge on any atom is 0.251 e. The van der Waals surface area contributed by atoms with Crippen molar-refractivity contribution in [3.63, 3.8) is 0 Å². The molecule has 2 aliphatic rings. The van der Waals surface area contributed by atoms with E-state index < -0.39 is 5.54 Å². The van der Waals surface area contributed by atoms with E-state index in [1.807, 2.05) is 56.3 Å². The van der Waals surface area contributed by atoms with Crippen molar-refractivity contribution < 1.29 is 9.59 Å². The van der Waals surface area contributed by atoms with Gasteiger partial charge in [0.1, 0.15) is 12.1 Å². The smallest absolute Gasteiger partial charge is 0.251 e. The molecule has 0 unspecified atom stereocenters. The number of hydrogen-bond donors (Lipinski definition) is 0. The first-order valence-corrected chi connectivity index (χ1v) is 10.4. The maximum atomic E-state index is 13.7. The van der Waals surface area contributed by atoms with Gasteiger partial charge in [0.2, 0.25) is 5.91 Å². The monoisotopic (exact) mass is 411 g/mol. The Kier molecular flexibility index (Phi) is 5.26. The molecule has 152 valence electrons. The van der Waals surface area contributed by atoms with Crippen LogP contribution in [0, 0.1) is 0 Å². The third-order valence-electron chi connectivity index (χ3n) is 6.03. The van der Waals surface area contributed by atoms with Crippen LogP contribution in [0.3, 0.4) is 0 Å². The predicted molar refractivity (Wildman–Crippen MR) is 115 cm³/mol. The largest absolute Gasteiger partial charge is 0.369 e. The van der Waals surface area contributed by atoms with Crippen LogP contribution in [0.1, 0.15) is 25.8 Å². The van der Waals surface area contributed by atoms with Crippen LogP contribution < -0.4 is 4.90 Å². The number of halogens is 1. The number of carbonyl (C=O) groups excluding carboxylic acids is 2. The summed E-state index contributed by atoms with van der Waals surface area (Å²) in [4.78, 5) is 32.6. The van der Waals surface area contributed by atoms with Gasteiger partial charge >= 0.3 is 0 Å². The lowest BCUT2D eigenvalue weighted by Gasteiger charge is -2.48. The Hall–Kier alpha value is -2.53. The van der Waals surface area contributed by atoms with Crippen LogP contribution in [-0.2, 0) is 16.1 Å². The van der Waals surface area contributed by atoms with Gasteiger partial charge in [-0.1, -0.05) is 41.9 Å². The van der Waals surface area contributed by atoms with Crippen LogP contribution >= 0.6 is 11.6 Å². The lowest BCUT2D eigenvalue weighted by Crippen LogP contribution is -2.69. The molecule has 2 heterocycles. The Bertz CT molecular complexity index is 900. The van der Waals surface area contributed by atoms with Crippen LogP contribution in [0.4, 0.5) is 5.69 Å². The van der Waals surface area contributed by atoms with E-state index in [0.29, 0.717) is 24.5 Å². The highest BCUT2D eigenvalue weighted by atomic mass is 35.5. The molecular formula is C23H26ClN3O2. The maximum absolute atomic E-state index is 13.7. The van der Waals surface area contributed by atoms with E-state index in [1.165, 1.54) is 0 Å². The van der Waals surface area contributed by atoms with Crippen LogP contribution in [0.15, 0.2) is 54.6 Å². The van der Waals surface area contributed by atoms with Crippen molar-refractivity contribution >= 4 is 29.1 Å². The zero-order valence-electron chi connectivity index (χ0n) is 16.8. The number of carbonyl (C=O) groups is 2. The molecule has 1 atom stereocenters. The molecule has 2 aromatic rings. The standard InChI is InChI=1S/C23H26ClN3O2/c1-17(2)26-15-21(28)27(14-18-8-10-19(24)11-9-18)23(22(26)29)12-13-25(16-23)20-6-4-3-5-7-20/h3-11,17H,12-16H2,1-2H3/t23-/m1/s1. The highest BCUT2D eigenvalue weighted by Crippen LogP contribution is 2.37. The lowest BCUT2D eigenvalue weighted by molar-refractivity contribution is -0.166. The third kappa shape index (κ3) is 3.60. The van der Waals surface area contributed by atoms with Crippen molar-refractivity contribution in [3.05, 3.63) is 65.2 Å². The van der Waals surface area contributed by atoms with Crippen molar-refractivity contribution in [1.82, 2.24) is 9.80 Å². The van der Waals surface area contributed by atoms with Gasteiger partial charge in [0.25, 0.3) is 5.91 Å². The van der Waals surface area contributed by atoms with Gasteiger partial charge in [-0.15, -0.1) is 0 Å². The molecule has 0 radical (unpaired) electrons. The third-order valence-corrected chi connectivity index (χ3v) is 6.28. The fraction of sp³-hybridized carbons (Fsp3) is 0.391. The molecule has 29 heavy (non-hydrogen) atoms. The molecule has 2 fully saturated rings. The first kappa shape index (κ1) is 19.8. The highest BCUT2D eigenvalue weighted by Gasteiger charge is 2.56. The highest BCUT2D eigenvalue weighted by molar-refractivity contribution is 6.30. The number of rotatable bonds is 4. The lowest BCUT2D eigenvalue weighted by atomic mass is 9.89. The predicted octanol–water partition coefficient (Wildman–Crippen LogP) is 3.57. The number of para-hydroxylation sites is 1. The molecule has 5 nitrogen and oxygen atoms in total. The van der Waals surface area contributed by atoms with E-state index in [2.05, 4.69) is 17.0 Å². The van der Waals surface area contributed by atoms with Crippen LogP contribution in [-0.4, -0.2) is 52.8 Å². The SMILES string of the molecule is CC(C)N1CC(=O)N(Cc2ccc(Cl)cc2)[C@@]2(CCN(c3ccccc3)C2)C1=O. The Morgan fingerprint density at radius 2 is 1.72 bits per heavy atom. The Morgan fingerprint density at radius 1 is 1.03 bits per heavy atom. The van der Waals surface area contributed by atoms with Crippen LogP contribution in [0.25, 0.3) is 0 Å². The topological polar surface area (TPSA) is 43.9 Å². The molecule has 6 heteroatoms. The molecule has 0 saturated carbocycles. The van der Waals surface area contributed by atoms with E-state index in [9.17, 15) is 9.59 Å². The van der Waals surface area contributed by atoms with Gasteiger partial charge in [0.15, 0.2) is 0 Å². The molecule has 1 spiro atoms. The van der Waals surface area contributed by atoms with Gasteiger partial charge in [-0.05, 0) is 50.1 Å². The summed E-state index contributed by atoms with van der Waals surface area (Å²) in [7, 11) is 0. The van der Waals surface area contributed by atoms with Gasteiger partial charge in [-0.2, -0.15) is 0 Å². The summed E-state index contributed by atoms with van der Waals surface area (Å²) >= 11 is 6.02. The summed E-state index contributed by atoms with van der Waals surface area (Å²) in [5, 5.41) is 0.659. The minimum Gasteiger partial charge on any atom is -0.369 e. The zero-order chi connectivity index (χ0) is 20.6. The Labute approximate surface area is 176 Å². The summed E-state index contributed by atoms with van der Waals surface area (Å²) in [6, 6.07) is 17.6. The fourth-order valence-corrected chi connectivity index (χ4v) is 4.53. The summed E-state index contributed by atoms with van der Waals surface area (Å²) in [6.07, 6.45) is 0.628. The minimum atomic E-state index is -0.838. The first-order valence-electron chi connectivity index (χ1n) is 10.1. The van der Waals surface area contributed by atoms with E-state index >= 15 is 0 Å². The van der Waals surface area contributed by atoms with Crippen molar-refractivity contribution in [2.24, 2.45) is 0 Å². The molecule has 4 rings (SSSR count). The van der Waals surface area contributed by atoms with Gasteiger partial charge in [0.05, 0.1) is 6.54 Å². The fourth-order valence-electron chi connectivity index (χ4n) is 4.40. The summed E-state index contributed by atoms with van der Waals surface area (Å²) in [6.45, 7) is 5.74. The second-order valence-electron chi connectivity index (χ2n) is 8.17.